The molecule has 0 bridgehead atoms. The third-order valence-electron chi connectivity index (χ3n) is 3.89. The van der Waals surface area contributed by atoms with E-state index in [1.165, 1.54) is 12.8 Å². The van der Waals surface area contributed by atoms with E-state index in [2.05, 4.69) is 38.4 Å². The van der Waals surface area contributed by atoms with Crippen molar-refractivity contribution < 1.29 is 4.79 Å². The SMILES string of the molecule is CCNCC1CCN(CC(=O)Nc2ccc(Br)cc2)CC1.Cl. The Bertz CT molecular complexity index is 447. The van der Waals surface area contributed by atoms with Gasteiger partial charge in [-0.25, -0.2) is 0 Å². The average Bonchev–Trinajstić information content (AvgIpc) is 2.49. The van der Waals surface area contributed by atoms with Crippen LogP contribution in [0, 0.1) is 5.92 Å². The van der Waals surface area contributed by atoms with Crippen molar-refractivity contribution in [2.24, 2.45) is 5.92 Å². The summed E-state index contributed by atoms with van der Waals surface area (Å²) in [6.45, 7) is 6.81. The molecule has 0 unspecified atom stereocenters. The Morgan fingerprint density at radius 2 is 1.91 bits per heavy atom. The van der Waals surface area contributed by atoms with Crippen LogP contribution < -0.4 is 10.6 Å². The molecular weight excluding hydrogens is 366 g/mol. The Kier molecular flexibility index (Phi) is 9.02. The lowest BCUT2D eigenvalue weighted by molar-refractivity contribution is -0.117. The van der Waals surface area contributed by atoms with Crippen molar-refractivity contribution in [2.45, 2.75) is 19.8 Å². The number of carbonyl (C=O) groups excluding carboxylic acids is 1. The molecule has 1 heterocycles. The lowest BCUT2D eigenvalue weighted by atomic mass is 9.97. The molecule has 1 aliphatic rings. The predicted octanol–water partition coefficient (Wildman–Crippen LogP) is 3.13. The number of hydrogen-bond donors (Lipinski definition) is 2. The van der Waals surface area contributed by atoms with E-state index in [4.69, 9.17) is 0 Å². The third-order valence-corrected chi connectivity index (χ3v) is 4.41. The highest BCUT2D eigenvalue weighted by atomic mass is 79.9. The molecule has 0 atom stereocenters. The fourth-order valence-corrected chi connectivity index (χ4v) is 2.90. The van der Waals surface area contributed by atoms with Gasteiger partial charge in [-0.2, -0.15) is 0 Å². The highest BCUT2D eigenvalue weighted by molar-refractivity contribution is 9.10. The van der Waals surface area contributed by atoms with Gasteiger partial charge in [-0.3, -0.25) is 9.69 Å². The first-order valence-electron chi connectivity index (χ1n) is 7.66. The molecular formula is C16H25BrClN3O. The topological polar surface area (TPSA) is 44.4 Å². The number of benzene rings is 1. The number of carbonyl (C=O) groups is 1. The molecule has 22 heavy (non-hydrogen) atoms. The van der Waals surface area contributed by atoms with Crippen LogP contribution in [0.2, 0.25) is 0 Å². The zero-order valence-corrected chi connectivity index (χ0v) is 15.4. The van der Waals surface area contributed by atoms with Crippen LogP contribution in [-0.2, 0) is 4.79 Å². The van der Waals surface area contributed by atoms with E-state index < -0.39 is 0 Å². The maximum absolute atomic E-state index is 12.0. The second-order valence-corrected chi connectivity index (χ2v) is 6.50. The molecule has 124 valence electrons. The van der Waals surface area contributed by atoms with Crippen LogP contribution in [0.5, 0.6) is 0 Å². The number of halogens is 2. The Labute approximate surface area is 147 Å². The molecule has 2 rings (SSSR count). The van der Waals surface area contributed by atoms with Crippen LogP contribution in [0.15, 0.2) is 28.7 Å². The molecule has 0 saturated carbocycles. The smallest absolute Gasteiger partial charge is 0.238 e. The summed E-state index contributed by atoms with van der Waals surface area (Å²) in [6.07, 6.45) is 2.36. The lowest BCUT2D eigenvalue weighted by Crippen LogP contribution is -2.41. The molecule has 1 aromatic rings. The Morgan fingerprint density at radius 1 is 1.27 bits per heavy atom. The molecule has 0 aromatic heterocycles. The molecule has 1 fully saturated rings. The average molecular weight is 391 g/mol. The van der Waals surface area contributed by atoms with Gasteiger partial charge < -0.3 is 10.6 Å². The van der Waals surface area contributed by atoms with Gasteiger partial charge in [-0.1, -0.05) is 22.9 Å². The molecule has 0 aliphatic carbocycles. The van der Waals surface area contributed by atoms with Crippen molar-refractivity contribution in [3.05, 3.63) is 28.7 Å². The summed E-state index contributed by atoms with van der Waals surface area (Å²) in [5, 5.41) is 6.36. The van der Waals surface area contributed by atoms with Crippen molar-refractivity contribution in [1.29, 1.82) is 0 Å². The molecule has 0 radical (unpaired) electrons. The molecule has 6 heteroatoms. The van der Waals surface area contributed by atoms with E-state index in [1.807, 2.05) is 24.3 Å². The van der Waals surface area contributed by atoms with Crippen LogP contribution in [0.25, 0.3) is 0 Å². The van der Waals surface area contributed by atoms with Crippen LogP contribution >= 0.6 is 28.3 Å². The van der Waals surface area contributed by atoms with Crippen LogP contribution in [0.1, 0.15) is 19.8 Å². The molecule has 1 aromatic carbocycles. The van der Waals surface area contributed by atoms with E-state index >= 15 is 0 Å². The summed E-state index contributed by atoms with van der Waals surface area (Å²) in [5.74, 6) is 0.832. The van der Waals surface area contributed by atoms with Crippen LogP contribution in [0.3, 0.4) is 0 Å². The third kappa shape index (κ3) is 6.65. The van der Waals surface area contributed by atoms with E-state index in [0.717, 1.165) is 42.3 Å². The first-order valence-corrected chi connectivity index (χ1v) is 8.45. The quantitative estimate of drug-likeness (QED) is 0.784. The fraction of sp³-hybridized carbons (Fsp3) is 0.562. The van der Waals surface area contributed by atoms with Crippen LogP contribution in [0.4, 0.5) is 5.69 Å². The van der Waals surface area contributed by atoms with Crippen molar-refractivity contribution in [3.8, 4) is 0 Å². The number of amides is 1. The minimum atomic E-state index is 0. The summed E-state index contributed by atoms with van der Waals surface area (Å²) in [5.41, 5.74) is 0.852. The molecule has 2 N–H and O–H groups in total. The molecule has 1 aliphatic heterocycles. The van der Waals surface area contributed by atoms with E-state index in [-0.39, 0.29) is 18.3 Å². The monoisotopic (exact) mass is 389 g/mol. The van der Waals surface area contributed by atoms with Gasteiger partial charge in [-0.15, -0.1) is 12.4 Å². The largest absolute Gasteiger partial charge is 0.325 e. The normalized spacial score (nSPS) is 16.1. The summed E-state index contributed by atoms with van der Waals surface area (Å²) >= 11 is 3.39. The van der Waals surface area contributed by atoms with Crippen LogP contribution in [-0.4, -0.2) is 43.5 Å². The second kappa shape index (κ2) is 10.2. The zero-order chi connectivity index (χ0) is 15.1. The number of nitrogens with zero attached hydrogens (tertiary/aromatic N) is 1. The van der Waals surface area contributed by atoms with Gasteiger partial charge >= 0.3 is 0 Å². The fourth-order valence-electron chi connectivity index (χ4n) is 2.63. The molecule has 0 spiro atoms. The molecule has 1 saturated heterocycles. The minimum absolute atomic E-state index is 0. The van der Waals surface area contributed by atoms with Gasteiger partial charge in [-0.05, 0) is 69.2 Å². The minimum Gasteiger partial charge on any atom is -0.325 e. The van der Waals surface area contributed by atoms with Gasteiger partial charge in [0.25, 0.3) is 0 Å². The molecule has 1 amide bonds. The number of nitrogens with one attached hydrogen (secondary N) is 2. The van der Waals surface area contributed by atoms with Gasteiger partial charge in [0.15, 0.2) is 0 Å². The second-order valence-electron chi connectivity index (χ2n) is 5.58. The Balaban J connectivity index is 0.00000242. The standard InChI is InChI=1S/C16H24BrN3O.ClH/c1-2-18-11-13-7-9-20(10-8-13)12-16(21)19-15-5-3-14(17)4-6-15;/h3-6,13,18H,2,7-12H2,1H3,(H,19,21);1H. The summed E-state index contributed by atoms with van der Waals surface area (Å²) in [7, 11) is 0. The van der Waals surface area contributed by atoms with Gasteiger partial charge in [0.1, 0.15) is 0 Å². The molecule has 4 nitrogen and oxygen atoms in total. The summed E-state index contributed by atoms with van der Waals surface area (Å²) in [4.78, 5) is 14.3. The summed E-state index contributed by atoms with van der Waals surface area (Å²) in [6, 6.07) is 7.68. The van der Waals surface area contributed by atoms with Crippen molar-refractivity contribution in [2.75, 3.05) is 38.0 Å². The highest BCUT2D eigenvalue weighted by Crippen LogP contribution is 2.17. The zero-order valence-electron chi connectivity index (χ0n) is 13.0. The Hall–Kier alpha value is -0.620. The number of rotatable bonds is 6. The number of anilines is 1. The predicted molar refractivity (Wildman–Crippen MR) is 97.7 cm³/mol. The lowest BCUT2D eigenvalue weighted by Gasteiger charge is -2.31. The van der Waals surface area contributed by atoms with Gasteiger partial charge in [0, 0.05) is 10.2 Å². The number of likely N-dealkylation sites (tertiary alicyclic amines) is 1. The van der Waals surface area contributed by atoms with Crippen molar-refractivity contribution in [3.63, 3.8) is 0 Å². The summed E-state index contributed by atoms with van der Waals surface area (Å²) < 4.78 is 1.02. The maximum Gasteiger partial charge on any atom is 0.238 e. The Morgan fingerprint density at radius 3 is 2.50 bits per heavy atom. The van der Waals surface area contributed by atoms with Gasteiger partial charge in [0.05, 0.1) is 6.54 Å². The highest BCUT2D eigenvalue weighted by Gasteiger charge is 2.20. The van der Waals surface area contributed by atoms with Crippen molar-refractivity contribution >= 4 is 39.9 Å². The number of piperidine rings is 1. The van der Waals surface area contributed by atoms with E-state index in [1.54, 1.807) is 0 Å². The van der Waals surface area contributed by atoms with Crippen molar-refractivity contribution in [1.82, 2.24) is 10.2 Å². The maximum atomic E-state index is 12.0. The van der Waals surface area contributed by atoms with E-state index in [9.17, 15) is 4.79 Å². The van der Waals surface area contributed by atoms with E-state index in [0.29, 0.717) is 6.54 Å². The van der Waals surface area contributed by atoms with Gasteiger partial charge in [0.2, 0.25) is 5.91 Å². The number of hydrogen-bond acceptors (Lipinski definition) is 3. The first-order chi connectivity index (χ1) is 10.2. The first kappa shape index (κ1) is 19.4.